The summed E-state index contributed by atoms with van der Waals surface area (Å²) in [6, 6.07) is 15.3. The van der Waals surface area contributed by atoms with Crippen LogP contribution in [-0.2, 0) is 6.61 Å². The highest BCUT2D eigenvalue weighted by Crippen LogP contribution is 2.20. The van der Waals surface area contributed by atoms with E-state index in [1.807, 2.05) is 55.5 Å². The lowest BCUT2D eigenvalue weighted by molar-refractivity contribution is 0.299. The second-order valence-corrected chi connectivity index (χ2v) is 4.70. The molecular weight excluding hydrogens is 270 g/mol. The van der Waals surface area contributed by atoms with Crippen LogP contribution >= 0.6 is 12.2 Å². The van der Waals surface area contributed by atoms with Crippen LogP contribution in [0.25, 0.3) is 0 Å². The summed E-state index contributed by atoms with van der Waals surface area (Å²) in [5, 5.41) is 0. The Kier molecular flexibility index (Phi) is 4.96. The van der Waals surface area contributed by atoms with Gasteiger partial charge in [0.05, 0.1) is 6.61 Å². The van der Waals surface area contributed by atoms with Crippen LogP contribution in [0.2, 0.25) is 0 Å². The maximum atomic E-state index is 5.75. The van der Waals surface area contributed by atoms with E-state index in [0.717, 1.165) is 22.6 Å². The zero-order valence-corrected chi connectivity index (χ0v) is 12.2. The van der Waals surface area contributed by atoms with Gasteiger partial charge in [0.1, 0.15) is 23.1 Å². The molecule has 0 heterocycles. The molecule has 0 aliphatic heterocycles. The van der Waals surface area contributed by atoms with E-state index in [9.17, 15) is 0 Å². The van der Waals surface area contributed by atoms with E-state index in [0.29, 0.717) is 18.2 Å². The van der Waals surface area contributed by atoms with Crippen LogP contribution in [0, 0.1) is 0 Å². The molecule has 2 aromatic rings. The van der Waals surface area contributed by atoms with Gasteiger partial charge in [0.15, 0.2) is 0 Å². The summed E-state index contributed by atoms with van der Waals surface area (Å²) in [5.74, 6) is 1.58. The molecule has 0 saturated carbocycles. The molecule has 2 aromatic carbocycles. The van der Waals surface area contributed by atoms with Crippen LogP contribution in [0.5, 0.6) is 11.5 Å². The fourth-order valence-electron chi connectivity index (χ4n) is 1.80. The van der Waals surface area contributed by atoms with E-state index in [4.69, 9.17) is 27.4 Å². The van der Waals surface area contributed by atoms with Crippen LogP contribution in [-0.4, -0.2) is 11.6 Å². The Labute approximate surface area is 124 Å². The van der Waals surface area contributed by atoms with Gasteiger partial charge in [-0.15, -0.1) is 0 Å². The maximum absolute atomic E-state index is 5.75. The molecule has 0 unspecified atom stereocenters. The molecule has 20 heavy (non-hydrogen) atoms. The average molecular weight is 287 g/mol. The van der Waals surface area contributed by atoms with Crippen molar-refractivity contribution in [2.45, 2.75) is 13.5 Å². The van der Waals surface area contributed by atoms with Crippen molar-refractivity contribution < 1.29 is 9.47 Å². The molecule has 0 aliphatic rings. The molecule has 0 amide bonds. The van der Waals surface area contributed by atoms with Crippen molar-refractivity contribution in [1.82, 2.24) is 0 Å². The van der Waals surface area contributed by atoms with E-state index in [1.54, 1.807) is 0 Å². The Hall–Kier alpha value is -2.07. The fraction of sp³-hybridized carbons (Fsp3) is 0.188. The minimum Gasteiger partial charge on any atom is -0.494 e. The monoisotopic (exact) mass is 287 g/mol. The summed E-state index contributed by atoms with van der Waals surface area (Å²) >= 11 is 4.97. The number of thiocarbonyl (C=S) groups is 1. The molecule has 104 valence electrons. The largest absolute Gasteiger partial charge is 0.494 e. The number of nitrogens with two attached hydrogens (primary N) is 1. The van der Waals surface area contributed by atoms with Crippen LogP contribution in [0.1, 0.15) is 18.1 Å². The predicted octanol–water partition coefficient (Wildman–Crippen LogP) is 3.30. The summed E-state index contributed by atoms with van der Waals surface area (Å²) in [5.41, 5.74) is 7.49. The van der Waals surface area contributed by atoms with E-state index >= 15 is 0 Å². The van der Waals surface area contributed by atoms with Gasteiger partial charge in [-0.2, -0.15) is 0 Å². The van der Waals surface area contributed by atoms with Crippen molar-refractivity contribution in [3.05, 3.63) is 59.7 Å². The first kappa shape index (κ1) is 14.3. The normalized spacial score (nSPS) is 10.1. The molecule has 2 rings (SSSR count). The van der Waals surface area contributed by atoms with Crippen molar-refractivity contribution >= 4 is 17.2 Å². The topological polar surface area (TPSA) is 44.5 Å². The molecule has 3 nitrogen and oxygen atoms in total. The first-order valence-electron chi connectivity index (χ1n) is 6.43. The number of hydrogen-bond donors (Lipinski definition) is 1. The zero-order valence-electron chi connectivity index (χ0n) is 11.3. The molecule has 0 fully saturated rings. The SMILES string of the molecule is CCOc1cccc(OCc2cccc(C(N)=S)c2)c1. The maximum Gasteiger partial charge on any atom is 0.123 e. The van der Waals surface area contributed by atoms with Crippen LogP contribution in [0.3, 0.4) is 0 Å². The van der Waals surface area contributed by atoms with Gasteiger partial charge in [-0.1, -0.05) is 36.5 Å². The second kappa shape index (κ2) is 6.91. The number of rotatable bonds is 6. The number of benzene rings is 2. The highest BCUT2D eigenvalue weighted by Gasteiger charge is 2.01. The first-order valence-corrected chi connectivity index (χ1v) is 6.84. The predicted molar refractivity (Wildman–Crippen MR) is 84.3 cm³/mol. The third-order valence-electron chi connectivity index (χ3n) is 2.73. The summed E-state index contributed by atoms with van der Waals surface area (Å²) in [6.45, 7) is 3.06. The summed E-state index contributed by atoms with van der Waals surface area (Å²) < 4.78 is 11.2. The quantitative estimate of drug-likeness (QED) is 0.828. The minimum atomic E-state index is 0.394. The highest BCUT2D eigenvalue weighted by molar-refractivity contribution is 7.80. The van der Waals surface area contributed by atoms with Crippen LogP contribution in [0.4, 0.5) is 0 Å². The number of hydrogen-bond acceptors (Lipinski definition) is 3. The number of ether oxygens (including phenoxy) is 2. The average Bonchev–Trinajstić information content (AvgIpc) is 2.46. The standard InChI is InChI=1S/C16H17NO2S/c1-2-18-14-7-4-8-15(10-14)19-11-12-5-3-6-13(9-12)16(17)20/h3-10H,2,11H2,1H3,(H2,17,20). The molecule has 0 atom stereocenters. The Morgan fingerprint density at radius 2 is 1.75 bits per heavy atom. The molecule has 0 aliphatic carbocycles. The lowest BCUT2D eigenvalue weighted by atomic mass is 10.1. The Bertz CT molecular complexity index is 599. The van der Waals surface area contributed by atoms with E-state index in [1.165, 1.54) is 0 Å². The summed E-state index contributed by atoms with van der Waals surface area (Å²) in [4.78, 5) is 0.394. The van der Waals surface area contributed by atoms with Gasteiger partial charge in [-0.3, -0.25) is 0 Å². The van der Waals surface area contributed by atoms with E-state index in [2.05, 4.69) is 0 Å². The van der Waals surface area contributed by atoms with E-state index in [-0.39, 0.29) is 0 Å². The van der Waals surface area contributed by atoms with Gasteiger partial charge in [0.25, 0.3) is 0 Å². The van der Waals surface area contributed by atoms with Gasteiger partial charge in [0.2, 0.25) is 0 Å². The molecule has 2 N–H and O–H groups in total. The summed E-state index contributed by atoms with van der Waals surface area (Å²) in [6.07, 6.45) is 0. The second-order valence-electron chi connectivity index (χ2n) is 4.26. The molecule has 4 heteroatoms. The van der Waals surface area contributed by atoms with Gasteiger partial charge < -0.3 is 15.2 Å². The Balaban J connectivity index is 2.03. The zero-order chi connectivity index (χ0) is 14.4. The minimum absolute atomic E-state index is 0.394. The molecule has 0 radical (unpaired) electrons. The Morgan fingerprint density at radius 3 is 2.45 bits per heavy atom. The molecule has 0 spiro atoms. The lowest BCUT2D eigenvalue weighted by Crippen LogP contribution is -2.09. The lowest BCUT2D eigenvalue weighted by Gasteiger charge is -2.09. The van der Waals surface area contributed by atoms with Crippen molar-refractivity contribution in [2.24, 2.45) is 5.73 Å². The van der Waals surface area contributed by atoms with Crippen molar-refractivity contribution in [3.8, 4) is 11.5 Å². The molecule has 0 aromatic heterocycles. The highest BCUT2D eigenvalue weighted by atomic mass is 32.1. The molecule has 0 saturated heterocycles. The first-order chi connectivity index (χ1) is 9.69. The fourth-order valence-corrected chi connectivity index (χ4v) is 1.93. The Morgan fingerprint density at radius 1 is 1.05 bits per heavy atom. The van der Waals surface area contributed by atoms with Crippen molar-refractivity contribution in [1.29, 1.82) is 0 Å². The molecule has 0 bridgehead atoms. The van der Waals surface area contributed by atoms with Gasteiger partial charge >= 0.3 is 0 Å². The van der Waals surface area contributed by atoms with Crippen LogP contribution in [0.15, 0.2) is 48.5 Å². The smallest absolute Gasteiger partial charge is 0.123 e. The molecular formula is C16H17NO2S. The van der Waals surface area contributed by atoms with Gasteiger partial charge in [-0.25, -0.2) is 0 Å². The summed E-state index contributed by atoms with van der Waals surface area (Å²) in [7, 11) is 0. The van der Waals surface area contributed by atoms with Crippen molar-refractivity contribution in [3.63, 3.8) is 0 Å². The van der Waals surface area contributed by atoms with Gasteiger partial charge in [-0.05, 0) is 30.7 Å². The van der Waals surface area contributed by atoms with E-state index < -0.39 is 0 Å². The van der Waals surface area contributed by atoms with Crippen molar-refractivity contribution in [2.75, 3.05) is 6.61 Å². The van der Waals surface area contributed by atoms with Gasteiger partial charge in [0, 0.05) is 11.6 Å². The third kappa shape index (κ3) is 3.96. The van der Waals surface area contributed by atoms with Crippen LogP contribution < -0.4 is 15.2 Å². The third-order valence-corrected chi connectivity index (χ3v) is 2.97.